The third kappa shape index (κ3) is 3.47. The molecule has 1 aliphatic rings. The van der Waals surface area contributed by atoms with E-state index in [1.54, 1.807) is 21.8 Å². The Hall–Kier alpha value is -2.09. The third-order valence-corrected chi connectivity index (χ3v) is 4.12. The van der Waals surface area contributed by atoms with Crippen molar-refractivity contribution in [2.75, 3.05) is 18.0 Å². The van der Waals surface area contributed by atoms with E-state index >= 15 is 0 Å². The van der Waals surface area contributed by atoms with Crippen LogP contribution in [-0.4, -0.2) is 34.1 Å². The highest BCUT2D eigenvalue weighted by molar-refractivity contribution is 5.55. The lowest BCUT2D eigenvalue weighted by Gasteiger charge is -2.23. The van der Waals surface area contributed by atoms with Gasteiger partial charge in [-0.25, -0.2) is 0 Å². The molecule has 124 valence electrons. The lowest BCUT2D eigenvalue weighted by molar-refractivity contribution is -0.137. The van der Waals surface area contributed by atoms with Crippen LogP contribution in [0.4, 0.5) is 18.9 Å². The average molecular weight is 325 g/mol. The van der Waals surface area contributed by atoms with Crippen LogP contribution in [0.25, 0.3) is 0 Å². The Kier molecular flexibility index (Phi) is 4.25. The second-order valence-corrected chi connectivity index (χ2v) is 5.68. The lowest BCUT2D eigenvalue weighted by Crippen LogP contribution is -2.33. The summed E-state index contributed by atoms with van der Waals surface area (Å²) in [6.45, 7) is 1.76. The van der Waals surface area contributed by atoms with Crippen LogP contribution < -0.4 is 10.2 Å². The third-order valence-electron chi connectivity index (χ3n) is 4.12. The van der Waals surface area contributed by atoms with Gasteiger partial charge in [-0.2, -0.15) is 13.2 Å². The van der Waals surface area contributed by atoms with E-state index in [1.165, 1.54) is 12.1 Å². The molecule has 23 heavy (non-hydrogen) atoms. The highest BCUT2D eigenvalue weighted by Gasteiger charge is 2.36. The van der Waals surface area contributed by atoms with Crippen LogP contribution >= 0.6 is 0 Å². The summed E-state index contributed by atoms with van der Waals surface area (Å²) in [6, 6.07) is 5.89. The van der Waals surface area contributed by atoms with Crippen molar-refractivity contribution < 1.29 is 13.2 Å². The molecule has 5 nitrogen and oxygen atoms in total. The summed E-state index contributed by atoms with van der Waals surface area (Å²) in [4.78, 5) is 1.79. The number of aryl methyl sites for hydroxylation is 1. The molecule has 3 rings (SSSR count). The summed E-state index contributed by atoms with van der Waals surface area (Å²) >= 11 is 0. The highest BCUT2D eigenvalue weighted by Crippen LogP contribution is 2.37. The Bertz CT molecular complexity index is 667. The number of rotatable bonds is 4. The molecule has 2 heterocycles. The summed E-state index contributed by atoms with van der Waals surface area (Å²) in [7, 11) is 1.81. The fourth-order valence-corrected chi connectivity index (χ4v) is 2.85. The van der Waals surface area contributed by atoms with E-state index < -0.39 is 11.7 Å². The van der Waals surface area contributed by atoms with E-state index in [4.69, 9.17) is 0 Å². The molecule has 0 spiro atoms. The predicted octanol–water partition coefficient (Wildman–Crippen LogP) is 2.20. The zero-order valence-electron chi connectivity index (χ0n) is 12.7. The van der Waals surface area contributed by atoms with Gasteiger partial charge in [-0.1, -0.05) is 17.3 Å². The highest BCUT2D eigenvalue weighted by atomic mass is 19.4. The first-order valence-corrected chi connectivity index (χ1v) is 7.43. The van der Waals surface area contributed by atoms with Crippen LogP contribution in [0.3, 0.4) is 0 Å². The van der Waals surface area contributed by atoms with Gasteiger partial charge >= 0.3 is 6.18 Å². The zero-order chi connectivity index (χ0) is 16.4. The van der Waals surface area contributed by atoms with Crippen LogP contribution in [0.5, 0.6) is 0 Å². The molecule has 0 amide bonds. The molecule has 0 bridgehead atoms. The zero-order valence-corrected chi connectivity index (χ0v) is 12.7. The number of alkyl halides is 3. The number of nitrogens with one attached hydrogen (secondary N) is 1. The van der Waals surface area contributed by atoms with Gasteiger partial charge in [0, 0.05) is 38.4 Å². The Morgan fingerprint density at radius 3 is 2.78 bits per heavy atom. The second-order valence-electron chi connectivity index (χ2n) is 5.68. The average Bonchev–Trinajstić information content (AvgIpc) is 3.13. The molecule has 1 aromatic carbocycles. The van der Waals surface area contributed by atoms with Crippen molar-refractivity contribution in [1.82, 2.24) is 20.3 Å². The number of benzene rings is 1. The van der Waals surface area contributed by atoms with Crippen molar-refractivity contribution in [3.8, 4) is 0 Å². The molecule has 0 radical (unpaired) electrons. The molecule has 0 saturated carbocycles. The SMILES string of the molecule is Cn1nncc1CN[C@H]1CCN(c2ccccc2C(F)(F)F)C1. The van der Waals surface area contributed by atoms with Crippen LogP contribution in [-0.2, 0) is 19.8 Å². The minimum Gasteiger partial charge on any atom is -0.369 e. The summed E-state index contributed by atoms with van der Waals surface area (Å²) < 4.78 is 41.0. The van der Waals surface area contributed by atoms with Crippen molar-refractivity contribution >= 4 is 5.69 Å². The minimum atomic E-state index is -4.33. The quantitative estimate of drug-likeness (QED) is 0.936. The topological polar surface area (TPSA) is 46.0 Å². The van der Waals surface area contributed by atoms with Crippen LogP contribution in [0.1, 0.15) is 17.7 Å². The van der Waals surface area contributed by atoms with Gasteiger partial charge in [0.05, 0.1) is 17.5 Å². The Balaban J connectivity index is 1.65. The number of halogens is 3. The molecule has 1 aromatic heterocycles. The molecule has 0 unspecified atom stereocenters. The largest absolute Gasteiger partial charge is 0.418 e. The van der Waals surface area contributed by atoms with Gasteiger partial charge < -0.3 is 10.2 Å². The lowest BCUT2D eigenvalue weighted by atomic mass is 10.1. The van der Waals surface area contributed by atoms with Crippen molar-refractivity contribution in [2.24, 2.45) is 7.05 Å². The monoisotopic (exact) mass is 325 g/mol. The van der Waals surface area contributed by atoms with Crippen molar-refractivity contribution in [3.05, 3.63) is 41.7 Å². The first-order valence-electron chi connectivity index (χ1n) is 7.43. The number of anilines is 1. The van der Waals surface area contributed by atoms with E-state index in [1.807, 2.05) is 7.05 Å². The summed E-state index contributed by atoms with van der Waals surface area (Å²) in [6.07, 6.45) is -1.85. The maximum atomic E-state index is 13.1. The molecule has 8 heteroatoms. The van der Waals surface area contributed by atoms with Gasteiger partial charge in [0.2, 0.25) is 0 Å². The standard InChI is InChI=1S/C15H18F3N5/c1-22-12(9-20-21-22)8-19-11-6-7-23(10-11)14-5-3-2-4-13(14)15(16,17)18/h2-5,9,11,19H,6-8,10H2,1H3/t11-/m0/s1. The Morgan fingerprint density at radius 2 is 2.09 bits per heavy atom. The Labute approximate surface area is 132 Å². The predicted molar refractivity (Wildman–Crippen MR) is 79.9 cm³/mol. The van der Waals surface area contributed by atoms with Crippen LogP contribution in [0.2, 0.25) is 0 Å². The molecule has 0 aliphatic carbocycles. The van der Waals surface area contributed by atoms with Crippen molar-refractivity contribution in [2.45, 2.75) is 25.2 Å². The first kappa shape index (κ1) is 15.8. The molecule has 1 atom stereocenters. The smallest absolute Gasteiger partial charge is 0.369 e. The van der Waals surface area contributed by atoms with E-state index in [0.717, 1.165) is 18.2 Å². The molecule has 1 saturated heterocycles. The molecule has 2 aromatic rings. The summed E-state index contributed by atoms with van der Waals surface area (Å²) in [5.74, 6) is 0. The number of hydrogen-bond acceptors (Lipinski definition) is 4. The number of nitrogens with zero attached hydrogens (tertiary/aromatic N) is 4. The van der Waals surface area contributed by atoms with E-state index in [0.29, 0.717) is 19.6 Å². The molecular weight excluding hydrogens is 307 g/mol. The van der Waals surface area contributed by atoms with E-state index in [2.05, 4.69) is 15.6 Å². The van der Waals surface area contributed by atoms with Crippen molar-refractivity contribution in [3.63, 3.8) is 0 Å². The second kappa shape index (κ2) is 6.19. The fourth-order valence-electron chi connectivity index (χ4n) is 2.85. The Morgan fingerprint density at radius 1 is 1.30 bits per heavy atom. The van der Waals surface area contributed by atoms with Gasteiger partial charge in [0.1, 0.15) is 0 Å². The molecule has 1 fully saturated rings. The summed E-state index contributed by atoms with van der Waals surface area (Å²) in [5, 5.41) is 11.0. The normalized spacial score (nSPS) is 18.6. The number of para-hydroxylation sites is 1. The number of hydrogen-bond donors (Lipinski definition) is 1. The van der Waals surface area contributed by atoms with Crippen molar-refractivity contribution in [1.29, 1.82) is 0 Å². The maximum Gasteiger partial charge on any atom is 0.418 e. The number of aromatic nitrogens is 3. The van der Waals surface area contributed by atoms with Crippen LogP contribution in [0, 0.1) is 0 Å². The minimum absolute atomic E-state index is 0.145. The van der Waals surface area contributed by atoms with Gasteiger partial charge in [0.15, 0.2) is 0 Å². The van der Waals surface area contributed by atoms with Gasteiger partial charge in [-0.3, -0.25) is 4.68 Å². The maximum absolute atomic E-state index is 13.1. The van der Waals surface area contributed by atoms with E-state index in [-0.39, 0.29) is 11.7 Å². The first-order chi connectivity index (χ1) is 10.9. The van der Waals surface area contributed by atoms with E-state index in [9.17, 15) is 13.2 Å². The molecular formula is C15H18F3N5. The molecule has 1 N–H and O–H groups in total. The fraction of sp³-hybridized carbons (Fsp3) is 0.467. The van der Waals surface area contributed by atoms with Crippen LogP contribution in [0.15, 0.2) is 30.5 Å². The van der Waals surface area contributed by atoms with Gasteiger partial charge in [0.25, 0.3) is 0 Å². The summed E-state index contributed by atoms with van der Waals surface area (Å²) in [5.41, 5.74) is 0.627. The molecule has 1 aliphatic heterocycles. The van der Waals surface area contributed by atoms with Gasteiger partial charge in [-0.05, 0) is 18.6 Å². The van der Waals surface area contributed by atoms with Gasteiger partial charge in [-0.15, -0.1) is 5.10 Å².